The van der Waals surface area contributed by atoms with Crippen LogP contribution in [0, 0.1) is 5.82 Å². The standard InChI is InChI=1S/C14H19FN2O3/c1-17(13(18)14(16)5-6-20-9-14)8-10-3-4-12(19-2)11(15)7-10/h3-4,7H,5-6,8-9,16H2,1-2H3. The van der Waals surface area contributed by atoms with Crippen LogP contribution < -0.4 is 10.5 Å². The first-order valence-corrected chi connectivity index (χ1v) is 6.41. The number of likely N-dealkylation sites (N-methyl/N-ethyl adjacent to an activating group) is 1. The molecule has 0 spiro atoms. The Hall–Kier alpha value is -1.66. The maximum Gasteiger partial charge on any atom is 0.245 e. The van der Waals surface area contributed by atoms with Gasteiger partial charge in [-0.25, -0.2) is 4.39 Å². The van der Waals surface area contributed by atoms with Crippen LogP contribution in [0.3, 0.4) is 0 Å². The number of nitrogens with zero attached hydrogens (tertiary/aromatic N) is 1. The molecule has 1 aliphatic rings. The van der Waals surface area contributed by atoms with Crippen LogP contribution in [0.4, 0.5) is 4.39 Å². The molecule has 5 nitrogen and oxygen atoms in total. The van der Waals surface area contributed by atoms with Crippen LogP contribution in [-0.2, 0) is 16.1 Å². The van der Waals surface area contributed by atoms with Crippen molar-refractivity contribution in [1.82, 2.24) is 4.90 Å². The zero-order valence-corrected chi connectivity index (χ0v) is 11.7. The molecule has 0 aliphatic carbocycles. The molecule has 1 unspecified atom stereocenters. The van der Waals surface area contributed by atoms with Gasteiger partial charge in [0.25, 0.3) is 0 Å². The third-order valence-corrected chi connectivity index (χ3v) is 3.46. The Morgan fingerprint density at radius 1 is 1.60 bits per heavy atom. The van der Waals surface area contributed by atoms with Crippen LogP contribution in [0.25, 0.3) is 0 Å². The van der Waals surface area contributed by atoms with Gasteiger partial charge in [-0.2, -0.15) is 0 Å². The molecule has 6 heteroatoms. The summed E-state index contributed by atoms with van der Waals surface area (Å²) in [6.45, 7) is 1.01. The Bertz CT molecular complexity index is 501. The van der Waals surface area contributed by atoms with E-state index in [4.69, 9.17) is 15.2 Å². The third kappa shape index (κ3) is 2.91. The van der Waals surface area contributed by atoms with Gasteiger partial charge in [0.15, 0.2) is 11.6 Å². The van der Waals surface area contributed by atoms with Crippen molar-refractivity contribution >= 4 is 5.91 Å². The van der Waals surface area contributed by atoms with E-state index < -0.39 is 11.4 Å². The van der Waals surface area contributed by atoms with E-state index in [9.17, 15) is 9.18 Å². The summed E-state index contributed by atoms with van der Waals surface area (Å²) in [5.74, 6) is -0.453. The highest BCUT2D eigenvalue weighted by Gasteiger charge is 2.40. The largest absolute Gasteiger partial charge is 0.494 e. The molecule has 1 saturated heterocycles. The van der Waals surface area contributed by atoms with Crippen molar-refractivity contribution in [3.8, 4) is 5.75 Å². The van der Waals surface area contributed by atoms with Crippen LogP contribution in [0.15, 0.2) is 18.2 Å². The summed E-state index contributed by atoms with van der Waals surface area (Å²) in [6, 6.07) is 4.62. The zero-order chi connectivity index (χ0) is 14.8. The lowest BCUT2D eigenvalue weighted by Crippen LogP contribution is -2.54. The number of amides is 1. The van der Waals surface area contributed by atoms with Gasteiger partial charge in [0.1, 0.15) is 5.54 Å². The van der Waals surface area contributed by atoms with Crippen molar-refractivity contribution in [2.75, 3.05) is 27.4 Å². The summed E-state index contributed by atoms with van der Waals surface area (Å²) in [5, 5.41) is 0. The molecular weight excluding hydrogens is 263 g/mol. The zero-order valence-electron chi connectivity index (χ0n) is 11.7. The van der Waals surface area contributed by atoms with Gasteiger partial charge in [0.05, 0.1) is 13.7 Å². The number of hydrogen-bond acceptors (Lipinski definition) is 4. The quantitative estimate of drug-likeness (QED) is 0.891. The molecule has 1 aliphatic heterocycles. The van der Waals surface area contributed by atoms with Crippen molar-refractivity contribution in [3.63, 3.8) is 0 Å². The average Bonchev–Trinajstić information content (AvgIpc) is 2.86. The lowest BCUT2D eigenvalue weighted by atomic mass is 9.98. The summed E-state index contributed by atoms with van der Waals surface area (Å²) >= 11 is 0. The topological polar surface area (TPSA) is 64.8 Å². The molecule has 1 amide bonds. The molecule has 20 heavy (non-hydrogen) atoms. The molecule has 1 fully saturated rings. The average molecular weight is 282 g/mol. The molecule has 2 N–H and O–H groups in total. The van der Waals surface area contributed by atoms with Gasteiger partial charge in [-0.1, -0.05) is 6.07 Å². The number of hydrogen-bond donors (Lipinski definition) is 1. The van der Waals surface area contributed by atoms with Crippen molar-refractivity contribution in [1.29, 1.82) is 0 Å². The monoisotopic (exact) mass is 282 g/mol. The molecule has 1 heterocycles. The minimum atomic E-state index is -0.959. The van der Waals surface area contributed by atoms with Crippen molar-refractivity contribution in [2.45, 2.75) is 18.5 Å². The molecule has 1 aromatic carbocycles. The molecule has 0 aromatic heterocycles. The summed E-state index contributed by atoms with van der Waals surface area (Å²) in [5.41, 5.74) is 5.75. The van der Waals surface area contributed by atoms with Gasteiger partial charge in [-0.15, -0.1) is 0 Å². The van der Waals surface area contributed by atoms with E-state index in [1.807, 2.05) is 0 Å². The number of methoxy groups -OCH3 is 1. The van der Waals surface area contributed by atoms with E-state index in [0.29, 0.717) is 25.1 Å². The molecular formula is C14H19FN2O3. The highest BCUT2D eigenvalue weighted by atomic mass is 19.1. The van der Waals surface area contributed by atoms with E-state index in [1.165, 1.54) is 18.1 Å². The lowest BCUT2D eigenvalue weighted by molar-refractivity contribution is -0.136. The van der Waals surface area contributed by atoms with E-state index in [1.54, 1.807) is 19.2 Å². The molecule has 0 radical (unpaired) electrons. The van der Waals surface area contributed by atoms with Crippen LogP contribution in [0.5, 0.6) is 5.75 Å². The minimum absolute atomic E-state index is 0.183. The minimum Gasteiger partial charge on any atom is -0.494 e. The third-order valence-electron chi connectivity index (χ3n) is 3.46. The number of carbonyl (C=O) groups excluding carboxylic acids is 1. The first kappa shape index (κ1) is 14.7. The molecule has 0 bridgehead atoms. The SMILES string of the molecule is COc1ccc(CN(C)C(=O)C2(N)CCOC2)cc1F. The smallest absolute Gasteiger partial charge is 0.245 e. The molecule has 1 aromatic rings. The predicted octanol–water partition coefficient (Wildman–Crippen LogP) is 0.911. The maximum absolute atomic E-state index is 13.6. The van der Waals surface area contributed by atoms with E-state index >= 15 is 0 Å². The van der Waals surface area contributed by atoms with Crippen LogP contribution in [-0.4, -0.2) is 43.7 Å². The second kappa shape index (κ2) is 5.76. The van der Waals surface area contributed by atoms with Crippen molar-refractivity contribution in [3.05, 3.63) is 29.6 Å². The fourth-order valence-corrected chi connectivity index (χ4v) is 2.28. The fraction of sp³-hybridized carbons (Fsp3) is 0.500. The predicted molar refractivity (Wildman–Crippen MR) is 71.8 cm³/mol. The van der Waals surface area contributed by atoms with E-state index in [-0.39, 0.29) is 18.3 Å². The van der Waals surface area contributed by atoms with Crippen LogP contribution in [0.2, 0.25) is 0 Å². The lowest BCUT2D eigenvalue weighted by Gasteiger charge is -2.27. The van der Waals surface area contributed by atoms with Crippen molar-refractivity contribution in [2.24, 2.45) is 5.73 Å². The van der Waals surface area contributed by atoms with Gasteiger partial charge in [0, 0.05) is 20.2 Å². The first-order chi connectivity index (χ1) is 9.46. The number of carbonyl (C=O) groups is 1. The van der Waals surface area contributed by atoms with Gasteiger partial charge in [0.2, 0.25) is 5.91 Å². The normalized spacial score (nSPS) is 21.8. The Morgan fingerprint density at radius 2 is 2.35 bits per heavy atom. The summed E-state index contributed by atoms with van der Waals surface area (Å²) < 4.78 is 23.6. The summed E-state index contributed by atoms with van der Waals surface area (Å²) in [4.78, 5) is 13.8. The number of ether oxygens (including phenoxy) is 2. The molecule has 2 rings (SSSR count). The Kier molecular flexibility index (Phi) is 4.25. The Morgan fingerprint density at radius 3 is 2.90 bits per heavy atom. The van der Waals surface area contributed by atoms with Gasteiger partial charge >= 0.3 is 0 Å². The van der Waals surface area contributed by atoms with Crippen LogP contribution in [0.1, 0.15) is 12.0 Å². The van der Waals surface area contributed by atoms with Crippen molar-refractivity contribution < 1.29 is 18.7 Å². The second-order valence-corrected chi connectivity index (χ2v) is 5.09. The second-order valence-electron chi connectivity index (χ2n) is 5.09. The number of rotatable bonds is 4. The Balaban J connectivity index is 2.05. The highest BCUT2D eigenvalue weighted by molar-refractivity contribution is 5.86. The number of halogens is 1. The van der Waals surface area contributed by atoms with E-state index in [2.05, 4.69) is 0 Å². The number of benzene rings is 1. The first-order valence-electron chi connectivity index (χ1n) is 6.41. The van der Waals surface area contributed by atoms with Gasteiger partial charge in [-0.3, -0.25) is 4.79 Å². The molecule has 0 saturated carbocycles. The fourth-order valence-electron chi connectivity index (χ4n) is 2.28. The van der Waals surface area contributed by atoms with Crippen LogP contribution >= 0.6 is 0 Å². The molecule has 1 atom stereocenters. The summed E-state index contributed by atoms with van der Waals surface area (Å²) in [7, 11) is 3.06. The van der Waals surface area contributed by atoms with E-state index in [0.717, 1.165) is 0 Å². The highest BCUT2D eigenvalue weighted by Crippen LogP contribution is 2.21. The molecule has 110 valence electrons. The Labute approximate surface area is 117 Å². The maximum atomic E-state index is 13.6. The van der Waals surface area contributed by atoms with Gasteiger partial charge < -0.3 is 20.1 Å². The summed E-state index contributed by atoms with van der Waals surface area (Å²) in [6.07, 6.45) is 0.507. The van der Waals surface area contributed by atoms with Gasteiger partial charge in [-0.05, 0) is 24.1 Å². The number of nitrogens with two attached hydrogens (primary N) is 1.